The number of nitrogens with two attached hydrogens (primary N) is 1. The lowest BCUT2D eigenvalue weighted by Crippen LogP contribution is -2.47. The van der Waals surface area contributed by atoms with Gasteiger partial charge in [0.15, 0.2) is 0 Å². The molecule has 2 heterocycles. The minimum absolute atomic E-state index is 0.132. The number of nitro groups is 1. The van der Waals surface area contributed by atoms with E-state index in [9.17, 15) is 10.1 Å². The highest BCUT2D eigenvalue weighted by Gasteiger charge is 2.27. The molecular weight excluding hydrogens is 270 g/mol. The average molecular weight is 295 g/mol. The number of aliphatic imine (C=N–C) groups is 1. The number of hydrogen-bond acceptors (Lipinski definition) is 6. The average Bonchev–Trinajstić information content (AvgIpc) is 2.49. The van der Waals surface area contributed by atoms with Gasteiger partial charge < -0.3 is 15.5 Å². The molecule has 2 fully saturated rings. The van der Waals surface area contributed by atoms with Crippen molar-refractivity contribution in [2.45, 2.75) is 37.8 Å². The first-order valence-electron chi connectivity index (χ1n) is 7.62. The lowest BCUT2D eigenvalue weighted by molar-refractivity contribution is -0.414. The third kappa shape index (κ3) is 4.50. The molecule has 0 spiro atoms. The molecular formula is C14H25N5O2. The Morgan fingerprint density at radius 2 is 1.86 bits per heavy atom. The molecule has 7 nitrogen and oxygen atoms in total. The number of nitrogens with zero attached hydrogens (tertiary/aromatic N) is 4. The van der Waals surface area contributed by atoms with Crippen molar-refractivity contribution in [3.63, 3.8) is 0 Å². The van der Waals surface area contributed by atoms with E-state index in [1.54, 1.807) is 0 Å². The standard InChI is InChI=1S/C14H25N5O2/c1-17-6-4-13(5-7-17)18-8-2-12(3-9-18)16-11-14(10-15)19(20)21/h10-13H,2-9,15H2,1H3/b14-10+,16-11?. The van der Waals surface area contributed by atoms with E-state index >= 15 is 0 Å². The Kier molecular flexibility index (Phi) is 5.69. The number of likely N-dealkylation sites (tertiary alicyclic amines) is 2. The van der Waals surface area contributed by atoms with Crippen molar-refractivity contribution in [2.24, 2.45) is 10.7 Å². The van der Waals surface area contributed by atoms with Crippen LogP contribution in [0.4, 0.5) is 0 Å². The molecule has 2 N–H and O–H groups in total. The summed E-state index contributed by atoms with van der Waals surface area (Å²) in [6, 6.07) is 0.881. The minimum Gasteiger partial charge on any atom is -0.399 e. The van der Waals surface area contributed by atoms with Crippen molar-refractivity contribution in [3.05, 3.63) is 22.0 Å². The predicted molar refractivity (Wildman–Crippen MR) is 82.9 cm³/mol. The summed E-state index contributed by atoms with van der Waals surface area (Å²) < 4.78 is 0. The molecule has 2 saturated heterocycles. The third-order valence-corrected chi connectivity index (χ3v) is 4.50. The van der Waals surface area contributed by atoms with E-state index in [4.69, 9.17) is 5.73 Å². The molecule has 0 amide bonds. The molecule has 0 aliphatic carbocycles. The Morgan fingerprint density at radius 3 is 2.38 bits per heavy atom. The molecule has 0 atom stereocenters. The first-order valence-corrected chi connectivity index (χ1v) is 7.62. The Balaban J connectivity index is 1.78. The minimum atomic E-state index is -0.503. The summed E-state index contributed by atoms with van der Waals surface area (Å²) in [5.41, 5.74) is 5.08. The van der Waals surface area contributed by atoms with Crippen molar-refractivity contribution in [1.82, 2.24) is 9.80 Å². The van der Waals surface area contributed by atoms with Crippen LogP contribution < -0.4 is 5.73 Å². The van der Waals surface area contributed by atoms with E-state index in [0.29, 0.717) is 6.04 Å². The van der Waals surface area contributed by atoms with E-state index in [1.165, 1.54) is 32.1 Å². The Hall–Kier alpha value is -1.47. The van der Waals surface area contributed by atoms with E-state index < -0.39 is 4.92 Å². The fourth-order valence-corrected chi connectivity index (χ4v) is 3.09. The van der Waals surface area contributed by atoms with Crippen LogP contribution in [0.2, 0.25) is 0 Å². The van der Waals surface area contributed by atoms with Crippen LogP contribution >= 0.6 is 0 Å². The zero-order chi connectivity index (χ0) is 15.2. The maximum Gasteiger partial charge on any atom is 0.302 e. The lowest BCUT2D eigenvalue weighted by Gasteiger charge is -2.40. The smallest absolute Gasteiger partial charge is 0.302 e. The maximum atomic E-state index is 10.6. The van der Waals surface area contributed by atoms with Gasteiger partial charge in [0, 0.05) is 19.1 Å². The first kappa shape index (κ1) is 15.9. The van der Waals surface area contributed by atoms with Crippen LogP contribution in [0.5, 0.6) is 0 Å². The van der Waals surface area contributed by atoms with Gasteiger partial charge in [0.1, 0.15) is 6.21 Å². The summed E-state index contributed by atoms with van der Waals surface area (Å²) in [7, 11) is 2.18. The monoisotopic (exact) mass is 295 g/mol. The molecule has 0 unspecified atom stereocenters. The molecule has 0 aromatic carbocycles. The first-order chi connectivity index (χ1) is 10.1. The third-order valence-electron chi connectivity index (χ3n) is 4.50. The van der Waals surface area contributed by atoms with Gasteiger partial charge >= 0.3 is 5.70 Å². The Labute approximate surface area is 125 Å². The molecule has 2 aliphatic heterocycles. The van der Waals surface area contributed by atoms with Crippen LogP contribution in [0.25, 0.3) is 0 Å². The molecule has 2 aliphatic rings. The predicted octanol–water partition coefficient (Wildman–Crippen LogP) is 0.693. The highest BCUT2D eigenvalue weighted by atomic mass is 16.6. The molecule has 0 bridgehead atoms. The van der Waals surface area contributed by atoms with Gasteiger partial charge in [-0.25, -0.2) is 0 Å². The second-order valence-corrected chi connectivity index (χ2v) is 5.93. The number of piperidine rings is 2. The van der Waals surface area contributed by atoms with Crippen LogP contribution in [-0.4, -0.2) is 66.2 Å². The van der Waals surface area contributed by atoms with Crippen molar-refractivity contribution >= 4 is 6.21 Å². The lowest BCUT2D eigenvalue weighted by atomic mass is 9.98. The molecule has 118 valence electrons. The zero-order valence-corrected chi connectivity index (χ0v) is 12.6. The second-order valence-electron chi connectivity index (χ2n) is 5.93. The van der Waals surface area contributed by atoms with E-state index in [1.807, 2.05) is 0 Å². The largest absolute Gasteiger partial charge is 0.399 e. The molecule has 7 heteroatoms. The van der Waals surface area contributed by atoms with Gasteiger partial charge in [0.25, 0.3) is 0 Å². The quantitative estimate of drug-likeness (QED) is 0.468. The molecule has 21 heavy (non-hydrogen) atoms. The maximum absolute atomic E-state index is 10.6. The van der Waals surface area contributed by atoms with Crippen molar-refractivity contribution in [3.8, 4) is 0 Å². The highest BCUT2D eigenvalue weighted by Crippen LogP contribution is 2.21. The summed E-state index contributed by atoms with van der Waals surface area (Å²) in [6.45, 7) is 4.43. The van der Waals surface area contributed by atoms with Crippen molar-refractivity contribution < 1.29 is 4.92 Å². The highest BCUT2D eigenvalue weighted by molar-refractivity contribution is 5.75. The fraction of sp³-hybridized carbons (Fsp3) is 0.786. The Morgan fingerprint density at radius 1 is 1.24 bits per heavy atom. The van der Waals surface area contributed by atoms with Crippen molar-refractivity contribution in [2.75, 3.05) is 33.2 Å². The van der Waals surface area contributed by atoms with Gasteiger partial charge in [-0.15, -0.1) is 0 Å². The summed E-state index contributed by atoms with van der Waals surface area (Å²) in [4.78, 5) is 19.4. The summed E-state index contributed by atoms with van der Waals surface area (Å²) in [6.07, 6.45) is 6.72. The van der Waals surface area contributed by atoms with E-state index in [2.05, 4.69) is 21.8 Å². The number of hydrogen-bond donors (Lipinski definition) is 1. The summed E-state index contributed by atoms with van der Waals surface area (Å²) >= 11 is 0. The van der Waals surface area contributed by atoms with E-state index in [-0.39, 0.29) is 11.7 Å². The van der Waals surface area contributed by atoms with Gasteiger partial charge in [-0.2, -0.15) is 0 Å². The normalized spacial score (nSPS) is 24.7. The molecule has 2 rings (SSSR count). The van der Waals surface area contributed by atoms with Gasteiger partial charge in [-0.3, -0.25) is 15.1 Å². The van der Waals surface area contributed by atoms with Crippen LogP contribution in [0, 0.1) is 10.1 Å². The topological polar surface area (TPSA) is 88.0 Å². The van der Waals surface area contributed by atoms with Gasteiger partial charge in [0.2, 0.25) is 0 Å². The SMILES string of the molecule is CN1CCC(N2CCC(N=C/C(=C\N)[N+](=O)[O-])CC2)CC1. The van der Waals surface area contributed by atoms with Crippen LogP contribution in [0.1, 0.15) is 25.7 Å². The number of rotatable bonds is 4. The van der Waals surface area contributed by atoms with E-state index in [0.717, 1.165) is 32.1 Å². The molecule has 0 radical (unpaired) electrons. The van der Waals surface area contributed by atoms with Crippen molar-refractivity contribution in [1.29, 1.82) is 0 Å². The zero-order valence-electron chi connectivity index (χ0n) is 12.6. The Bertz CT molecular complexity index is 408. The van der Waals surface area contributed by atoms with Crippen LogP contribution in [-0.2, 0) is 0 Å². The van der Waals surface area contributed by atoms with Gasteiger partial charge in [-0.1, -0.05) is 0 Å². The fourth-order valence-electron chi connectivity index (χ4n) is 3.09. The molecule has 0 saturated carbocycles. The van der Waals surface area contributed by atoms with Crippen LogP contribution in [0.3, 0.4) is 0 Å². The van der Waals surface area contributed by atoms with Crippen LogP contribution in [0.15, 0.2) is 16.9 Å². The van der Waals surface area contributed by atoms with Gasteiger partial charge in [-0.05, 0) is 45.8 Å². The molecule has 0 aromatic rings. The summed E-state index contributed by atoms with van der Waals surface area (Å²) in [5, 5.41) is 10.6. The number of allylic oxidation sites excluding steroid dienone is 1. The van der Waals surface area contributed by atoms with Gasteiger partial charge in [0.05, 0.1) is 17.2 Å². The summed E-state index contributed by atoms with van der Waals surface area (Å²) in [5.74, 6) is 0. The second kappa shape index (κ2) is 7.51. The molecule has 0 aromatic heterocycles.